The molecule has 0 aromatic carbocycles. The van der Waals surface area contributed by atoms with Gasteiger partial charge in [-0.3, -0.25) is 4.98 Å². The number of hydrogen-bond donors (Lipinski definition) is 3. The number of nitrogen functional groups attached to an aromatic ring is 2. The quantitative estimate of drug-likeness (QED) is 0.729. The number of nitrogens with zero attached hydrogens (tertiary/aromatic N) is 3. The minimum atomic E-state index is 0.185. The number of anilines is 2. The van der Waals surface area contributed by atoms with Gasteiger partial charge in [0, 0.05) is 12.8 Å². The van der Waals surface area contributed by atoms with Gasteiger partial charge in [0.15, 0.2) is 5.82 Å². The van der Waals surface area contributed by atoms with Crippen molar-refractivity contribution in [2.45, 2.75) is 46.0 Å². The van der Waals surface area contributed by atoms with Crippen LogP contribution < -0.4 is 11.5 Å². The number of pyridine rings is 1. The third-order valence-corrected chi connectivity index (χ3v) is 3.06. The third-order valence-electron chi connectivity index (χ3n) is 3.06. The molecule has 0 amide bonds. The predicted octanol–water partition coefficient (Wildman–Crippen LogP) is 2.31. The monoisotopic (exact) mass is 291 g/mol. The Morgan fingerprint density at radius 1 is 1.10 bits per heavy atom. The second kappa shape index (κ2) is 9.07. The highest BCUT2D eigenvalue weighted by atomic mass is 16.2. The summed E-state index contributed by atoms with van der Waals surface area (Å²) < 4.78 is 0. The summed E-state index contributed by atoms with van der Waals surface area (Å²) >= 11 is 0. The molecule has 0 spiro atoms. The normalized spacial score (nSPS) is 10.2. The molecule has 2 aromatic heterocycles. The molecule has 0 saturated heterocycles. The molecule has 5 N–H and O–H groups in total. The molecule has 21 heavy (non-hydrogen) atoms. The van der Waals surface area contributed by atoms with Crippen LogP contribution in [0.15, 0.2) is 12.3 Å². The second-order valence-electron chi connectivity index (χ2n) is 4.82. The van der Waals surface area contributed by atoms with Crippen LogP contribution in [-0.2, 0) is 6.42 Å². The first-order valence-corrected chi connectivity index (χ1v) is 7.40. The molecular formula is C15H25N5O. The van der Waals surface area contributed by atoms with Crippen LogP contribution in [-0.4, -0.2) is 26.7 Å². The molecule has 0 saturated carbocycles. The van der Waals surface area contributed by atoms with Crippen molar-refractivity contribution >= 4 is 22.8 Å². The average Bonchev–Trinajstić information content (AvgIpc) is 2.47. The molecule has 2 heterocycles. The van der Waals surface area contributed by atoms with E-state index >= 15 is 0 Å². The Hall–Kier alpha value is -1.95. The van der Waals surface area contributed by atoms with Gasteiger partial charge < -0.3 is 16.6 Å². The van der Waals surface area contributed by atoms with E-state index in [2.05, 4.69) is 28.8 Å². The fourth-order valence-electron chi connectivity index (χ4n) is 1.83. The summed E-state index contributed by atoms with van der Waals surface area (Å²) in [6, 6.07) is 1.93. The van der Waals surface area contributed by atoms with Crippen molar-refractivity contribution in [3.05, 3.63) is 17.8 Å². The Labute approximate surface area is 125 Å². The van der Waals surface area contributed by atoms with Gasteiger partial charge in [0.05, 0.1) is 5.52 Å². The van der Waals surface area contributed by atoms with Gasteiger partial charge in [-0.15, -0.1) is 0 Å². The largest absolute Gasteiger partial charge is 0.396 e. The summed E-state index contributed by atoms with van der Waals surface area (Å²) in [5.74, 6) is 0.514. The van der Waals surface area contributed by atoms with Crippen molar-refractivity contribution in [1.82, 2.24) is 15.0 Å². The zero-order valence-electron chi connectivity index (χ0n) is 12.8. The summed E-state index contributed by atoms with van der Waals surface area (Å²) in [6.45, 7) is 4.58. The number of aliphatic hydroxyl groups excluding tert-OH is 1. The number of aryl methyl sites for hydroxylation is 1. The fraction of sp³-hybridized carbons (Fsp3) is 0.533. The highest BCUT2D eigenvalue weighted by Crippen LogP contribution is 2.17. The van der Waals surface area contributed by atoms with Crippen molar-refractivity contribution < 1.29 is 5.11 Å². The molecule has 0 aliphatic heterocycles. The van der Waals surface area contributed by atoms with Crippen molar-refractivity contribution in [2.75, 3.05) is 18.1 Å². The Morgan fingerprint density at radius 3 is 2.48 bits per heavy atom. The van der Waals surface area contributed by atoms with E-state index in [1.807, 2.05) is 6.07 Å². The molecule has 0 bridgehead atoms. The van der Waals surface area contributed by atoms with Gasteiger partial charge in [0.1, 0.15) is 5.52 Å². The van der Waals surface area contributed by atoms with Crippen LogP contribution in [0.3, 0.4) is 0 Å². The summed E-state index contributed by atoms with van der Waals surface area (Å²) in [5, 5.41) is 8.29. The van der Waals surface area contributed by atoms with E-state index in [0.717, 1.165) is 18.4 Å². The molecule has 6 heteroatoms. The van der Waals surface area contributed by atoms with E-state index in [9.17, 15) is 0 Å². The number of aliphatic hydroxyl groups is 1. The highest BCUT2D eigenvalue weighted by molar-refractivity contribution is 5.85. The lowest BCUT2D eigenvalue weighted by Crippen LogP contribution is -2.02. The third kappa shape index (κ3) is 5.51. The van der Waals surface area contributed by atoms with E-state index in [1.165, 1.54) is 19.3 Å². The molecule has 0 fully saturated rings. The summed E-state index contributed by atoms with van der Waals surface area (Å²) in [7, 11) is 0. The van der Waals surface area contributed by atoms with E-state index in [0.29, 0.717) is 23.5 Å². The maximum Gasteiger partial charge on any atom is 0.222 e. The number of unbranched alkanes of at least 4 members (excludes halogenated alkanes) is 3. The van der Waals surface area contributed by atoms with Crippen LogP contribution in [0, 0.1) is 0 Å². The van der Waals surface area contributed by atoms with Crippen molar-refractivity contribution in [1.29, 1.82) is 0 Å². The molecule has 2 aromatic rings. The van der Waals surface area contributed by atoms with Gasteiger partial charge in [0.2, 0.25) is 5.95 Å². The summed E-state index contributed by atoms with van der Waals surface area (Å²) in [4.78, 5) is 12.1. The van der Waals surface area contributed by atoms with Gasteiger partial charge >= 0.3 is 0 Å². The summed E-state index contributed by atoms with van der Waals surface area (Å²) in [5.41, 5.74) is 13.6. The Morgan fingerprint density at radius 2 is 1.86 bits per heavy atom. The second-order valence-corrected chi connectivity index (χ2v) is 4.82. The molecule has 0 unspecified atom stereocenters. The molecule has 0 aliphatic carbocycles. The van der Waals surface area contributed by atoms with Crippen LogP contribution in [0.2, 0.25) is 0 Å². The predicted molar refractivity (Wildman–Crippen MR) is 86.8 cm³/mol. The lowest BCUT2D eigenvalue weighted by molar-refractivity contribution is 0.283. The maximum absolute atomic E-state index is 8.29. The van der Waals surface area contributed by atoms with E-state index in [4.69, 9.17) is 16.6 Å². The van der Waals surface area contributed by atoms with Gasteiger partial charge in [0.25, 0.3) is 0 Å². The van der Waals surface area contributed by atoms with Gasteiger partial charge in [-0.05, 0) is 24.5 Å². The number of aromatic nitrogens is 3. The molecule has 0 radical (unpaired) electrons. The molecular weight excluding hydrogens is 266 g/mol. The zero-order chi connectivity index (χ0) is 15.7. The topological polar surface area (TPSA) is 111 Å². The first kappa shape index (κ1) is 17.1. The minimum Gasteiger partial charge on any atom is -0.396 e. The van der Waals surface area contributed by atoms with Crippen LogP contribution in [0.1, 0.15) is 45.1 Å². The SMILES string of the molecule is CCCCCCO.CCc1cnc2c(N)nc(N)nc2c1. The van der Waals surface area contributed by atoms with Crippen molar-refractivity contribution in [3.8, 4) is 0 Å². The molecule has 0 atom stereocenters. The van der Waals surface area contributed by atoms with E-state index in [1.54, 1.807) is 6.20 Å². The van der Waals surface area contributed by atoms with Crippen LogP contribution >= 0.6 is 0 Å². The van der Waals surface area contributed by atoms with Gasteiger partial charge in [-0.25, -0.2) is 4.98 Å². The summed E-state index contributed by atoms with van der Waals surface area (Å²) in [6.07, 6.45) is 7.37. The first-order chi connectivity index (χ1) is 10.1. The fourth-order valence-corrected chi connectivity index (χ4v) is 1.83. The standard InChI is InChI=1S/C9H11N5.C6H14O/c1-2-5-3-6-7(12-4-5)8(10)14-9(11)13-6;1-2-3-4-5-6-7/h3-4H,2H2,1H3,(H4,10,11,13,14);7H,2-6H2,1H3. The lowest BCUT2D eigenvalue weighted by atomic mass is 10.2. The Bertz CT molecular complexity index is 555. The maximum atomic E-state index is 8.29. The van der Waals surface area contributed by atoms with Crippen LogP contribution in [0.5, 0.6) is 0 Å². The van der Waals surface area contributed by atoms with E-state index in [-0.39, 0.29) is 5.95 Å². The van der Waals surface area contributed by atoms with Gasteiger partial charge in [-0.1, -0.05) is 33.1 Å². The van der Waals surface area contributed by atoms with Crippen molar-refractivity contribution in [3.63, 3.8) is 0 Å². The number of rotatable bonds is 5. The Balaban J connectivity index is 0.000000270. The zero-order valence-corrected chi connectivity index (χ0v) is 12.8. The van der Waals surface area contributed by atoms with E-state index < -0.39 is 0 Å². The molecule has 2 rings (SSSR count). The first-order valence-electron chi connectivity index (χ1n) is 7.40. The smallest absolute Gasteiger partial charge is 0.222 e. The molecule has 0 aliphatic rings. The van der Waals surface area contributed by atoms with Crippen LogP contribution in [0.4, 0.5) is 11.8 Å². The average molecular weight is 291 g/mol. The van der Waals surface area contributed by atoms with Crippen molar-refractivity contribution in [2.24, 2.45) is 0 Å². The highest BCUT2D eigenvalue weighted by Gasteiger charge is 2.04. The lowest BCUT2D eigenvalue weighted by Gasteiger charge is -2.02. The van der Waals surface area contributed by atoms with Crippen LogP contribution in [0.25, 0.3) is 11.0 Å². The molecule has 6 nitrogen and oxygen atoms in total. The number of fused-ring (bicyclic) bond motifs is 1. The number of hydrogen-bond acceptors (Lipinski definition) is 6. The number of nitrogens with two attached hydrogens (primary N) is 2. The Kier molecular flexibility index (Phi) is 7.39. The van der Waals surface area contributed by atoms with Gasteiger partial charge in [-0.2, -0.15) is 4.98 Å². The minimum absolute atomic E-state index is 0.185. The molecule has 116 valence electrons.